The van der Waals surface area contributed by atoms with Crippen LogP contribution >= 0.6 is 11.6 Å². The number of ether oxygens (including phenoxy) is 2. The first-order chi connectivity index (χ1) is 13.2. The van der Waals surface area contributed by atoms with E-state index in [1.165, 1.54) is 0 Å². The molecule has 0 radical (unpaired) electrons. The zero-order valence-corrected chi connectivity index (χ0v) is 15.3. The molecule has 0 unspecified atom stereocenters. The van der Waals surface area contributed by atoms with Crippen molar-refractivity contribution in [2.24, 2.45) is 0 Å². The van der Waals surface area contributed by atoms with E-state index in [0.717, 1.165) is 12.2 Å². The molecule has 1 saturated heterocycles. The van der Waals surface area contributed by atoms with Crippen LogP contribution < -0.4 is 9.75 Å². The van der Waals surface area contributed by atoms with Gasteiger partial charge in [0.15, 0.2) is 5.65 Å². The summed E-state index contributed by atoms with van der Waals surface area (Å²) in [7, 11) is 0. The van der Waals surface area contributed by atoms with Crippen molar-refractivity contribution in [1.29, 1.82) is 0 Å². The Morgan fingerprint density at radius 2 is 2.11 bits per heavy atom. The molecule has 8 heteroatoms. The second-order valence-electron chi connectivity index (χ2n) is 6.21. The fourth-order valence-corrected chi connectivity index (χ4v) is 3.36. The van der Waals surface area contributed by atoms with Gasteiger partial charge in [0.25, 0.3) is 0 Å². The van der Waals surface area contributed by atoms with Gasteiger partial charge in [0.05, 0.1) is 24.9 Å². The lowest BCUT2D eigenvalue weighted by atomic mass is 10.2. The molecule has 1 fully saturated rings. The van der Waals surface area contributed by atoms with E-state index in [-0.39, 0.29) is 24.0 Å². The third-order valence-electron chi connectivity index (χ3n) is 4.46. The highest BCUT2D eigenvalue weighted by atomic mass is 35.5. The number of rotatable bonds is 6. The largest absolute Gasteiger partial charge is 0.491 e. The lowest BCUT2D eigenvalue weighted by molar-refractivity contribution is 0.0899. The van der Waals surface area contributed by atoms with Gasteiger partial charge >= 0.3 is 0 Å². The first-order valence-electron chi connectivity index (χ1n) is 8.60. The summed E-state index contributed by atoms with van der Waals surface area (Å²) < 4.78 is 13.6. The molecule has 1 aliphatic heterocycles. The van der Waals surface area contributed by atoms with Crippen molar-refractivity contribution >= 4 is 22.8 Å². The number of halogens is 1. The van der Waals surface area contributed by atoms with Gasteiger partial charge < -0.3 is 14.5 Å². The van der Waals surface area contributed by atoms with E-state index in [4.69, 9.17) is 27.5 Å². The maximum atomic E-state index is 5.98. The summed E-state index contributed by atoms with van der Waals surface area (Å²) in [6.07, 6.45) is 9.45. The Morgan fingerprint density at radius 3 is 2.93 bits per heavy atom. The smallest absolute Gasteiger partial charge is 0.224 e. The van der Waals surface area contributed by atoms with Crippen LogP contribution in [-0.2, 0) is 4.74 Å². The number of para-hydroxylation sites is 1. The second kappa shape index (κ2) is 7.82. The Morgan fingerprint density at radius 1 is 1.26 bits per heavy atom. The fraction of sp³-hybridized carbons (Fsp3) is 0.316. The molecule has 3 aromatic rings. The number of benzene rings is 1. The maximum absolute atomic E-state index is 5.98. The normalized spacial score (nSPS) is 19.3. The molecule has 27 heavy (non-hydrogen) atoms. The van der Waals surface area contributed by atoms with Gasteiger partial charge in [0, 0.05) is 6.42 Å². The van der Waals surface area contributed by atoms with Gasteiger partial charge in [-0.05, 0) is 23.7 Å². The second-order valence-corrected chi connectivity index (χ2v) is 6.55. The van der Waals surface area contributed by atoms with Gasteiger partial charge in [-0.15, -0.1) is 6.42 Å². The highest BCUT2D eigenvalue weighted by Gasteiger charge is 2.34. The number of fused-ring (bicyclic) bond motifs is 1. The number of aromatic nitrogens is 4. The van der Waals surface area contributed by atoms with Crippen LogP contribution in [0.4, 0.5) is 0 Å². The van der Waals surface area contributed by atoms with Crippen molar-refractivity contribution in [2.75, 3.05) is 24.8 Å². The zero-order valence-electron chi connectivity index (χ0n) is 14.5. The van der Waals surface area contributed by atoms with Crippen molar-refractivity contribution in [3.8, 4) is 18.1 Å². The molecular weight excluding hydrogens is 366 g/mol. The van der Waals surface area contributed by atoms with Crippen LogP contribution in [0.25, 0.3) is 11.2 Å². The van der Waals surface area contributed by atoms with Gasteiger partial charge in [-0.25, -0.2) is 14.6 Å². The number of imidazole rings is 1. The molecule has 2 aromatic heterocycles. The molecule has 1 aliphatic rings. The Balaban J connectivity index is 1.58. The van der Waals surface area contributed by atoms with E-state index < -0.39 is 0 Å². The van der Waals surface area contributed by atoms with Gasteiger partial charge in [0.1, 0.15) is 30.8 Å². The zero-order chi connectivity index (χ0) is 18.6. The van der Waals surface area contributed by atoms with Crippen LogP contribution in [0, 0.1) is 12.3 Å². The van der Waals surface area contributed by atoms with Crippen LogP contribution in [0.15, 0.2) is 42.9 Å². The van der Waals surface area contributed by atoms with E-state index >= 15 is 0 Å². The molecule has 0 N–H and O–H groups in total. The Bertz CT molecular complexity index is 956. The average Bonchev–Trinajstić information content (AvgIpc) is 3.28. The minimum Gasteiger partial charge on any atom is -0.491 e. The van der Waals surface area contributed by atoms with Gasteiger partial charge in [-0.2, -0.15) is 4.98 Å². The monoisotopic (exact) mass is 383 g/mol. The lowest BCUT2D eigenvalue weighted by Gasteiger charge is -2.27. The molecule has 0 saturated carbocycles. The molecule has 0 aliphatic carbocycles. The van der Waals surface area contributed by atoms with Crippen LogP contribution in [0.2, 0.25) is 5.28 Å². The first-order valence-corrected chi connectivity index (χ1v) is 8.98. The summed E-state index contributed by atoms with van der Waals surface area (Å²) in [5.74, 6) is 3.35. The molecule has 0 spiro atoms. The van der Waals surface area contributed by atoms with Crippen molar-refractivity contribution in [1.82, 2.24) is 19.6 Å². The molecule has 0 bridgehead atoms. The summed E-state index contributed by atoms with van der Waals surface area (Å²) in [6.45, 7) is 1.43. The van der Waals surface area contributed by atoms with Crippen molar-refractivity contribution < 1.29 is 9.47 Å². The molecule has 138 valence electrons. The Kier molecular flexibility index (Phi) is 5.10. The lowest BCUT2D eigenvalue weighted by Crippen LogP contribution is -2.42. The highest BCUT2D eigenvalue weighted by Crippen LogP contribution is 2.23. The minimum atomic E-state index is 0.000169. The van der Waals surface area contributed by atoms with E-state index in [1.54, 1.807) is 12.5 Å². The summed E-state index contributed by atoms with van der Waals surface area (Å²) in [5, 5.41) is 2.31. The SMILES string of the molecule is C#CCO[C@H]1C[C@H](COc2ccccc2)N(n2cnc3cnc(Cl)nc32)C1. The third kappa shape index (κ3) is 3.82. The molecule has 3 heterocycles. The molecule has 2 atom stereocenters. The number of hydrogen-bond donors (Lipinski definition) is 0. The topological polar surface area (TPSA) is 65.3 Å². The summed E-state index contributed by atoms with van der Waals surface area (Å²) in [4.78, 5) is 12.7. The van der Waals surface area contributed by atoms with Gasteiger partial charge in [0.2, 0.25) is 5.28 Å². The molecule has 0 amide bonds. The summed E-state index contributed by atoms with van der Waals surface area (Å²) >= 11 is 5.98. The van der Waals surface area contributed by atoms with Crippen LogP contribution in [0.5, 0.6) is 5.75 Å². The predicted molar refractivity (Wildman–Crippen MR) is 102 cm³/mol. The van der Waals surface area contributed by atoms with E-state index in [0.29, 0.717) is 24.3 Å². The third-order valence-corrected chi connectivity index (χ3v) is 4.64. The molecular formula is C19H18ClN5O2. The molecule has 4 rings (SSSR count). The van der Waals surface area contributed by atoms with Crippen LogP contribution in [0.1, 0.15) is 6.42 Å². The number of terminal acetylenes is 1. The molecule has 7 nitrogen and oxygen atoms in total. The summed E-state index contributed by atoms with van der Waals surface area (Å²) in [6, 6.07) is 9.79. The van der Waals surface area contributed by atoms with E-state index in [9.17, 15) is 0 Å². The maximum Gasteiger partial charge on any atom is 0.224 e. The fourth-order valence-electron chi connectivity index (χ4n) is 3.24. The number of nitrogens with zero attached hydrogens (tertiary/aromatic N) is 5. The summed E-state index contributed by atoms with van der Waals surface area (Å²) in [5.41, 5.74) is 1.33. The van der Waals surface area contributed by atoms with E-state index in [1.807, 2.05) is 35.0 Å². The van der Waals surface area contributed by atoms with E-state index in [2.05, 4.69) is 25.9 Å². The minimum absolute atomic E-state index is 0.000169. The van der Waals surface area contributed by atoms with Crippen molar-refractivity contribution in [3.63, 3.8) is 0 Å². The number of hydrogen-bond acceptors (Lipinski definition) is 6. The average molecular weight is 384 g/mol. The Labute approximate surface area is 161 Å². The standard InChI is InChI=1S/C19H18ClN5O2/c1-2-8-26-16-9-14(12-27-15-6-4-3-5-7-15)24(11-16)25-13-22-17-10-21-19(20)23-18(17)25/h1,3-7,10,13-14,16H,8-9,11-12H2/t14-,16+/m1/s1. The van der Waals surface area contributed by atoms with Crippen LogP contribution in [-0.4, -0.2) is 51.5 Å². The van der Waals surface area contributed by atoms with Crippen LogP contribution in [0.3, 0.4) is 0 Å². The molecule has 1 aromatic carbocycles. The van der Waals surface area contributed by atoms with Gasteiger partial charge in [-0.3, -0.25) is 0 Å². The Hall–Kier alpha value is -2.82. The quantitative estimate of drug-likeness (QED) is 0.480. The highest BCUT2D eigenvalue weighted by molar-refractivity contribution is 6.28. The van der Waals surface area contributed by atoms with Crippen molar-refractivity contribution in [3.05, 3.63) is 48.1 Å². The first kappa shape index (κ1) is 17.6. The van der Waals surface area contributed by atoms with Gasteiger partial charge in [-0.1, -0.05) is 24.1 Å². The predicted octanol–water partition coefficient (Wildman–Crippen LogP) is 2.29. The van der Waals surface area contributed by atoms with Crippen molar-refractivity contribution in [2.45, 2.75) is 18.6 Å².